The van der Waals surface area contributed by atoms with Gasteiger partial charge in [0.15, 0.2) is 14.8 Å². The molecule has 6 nitrogen and oxygen atoms in total. The summed E-state index contributed by atoms with van der Waals surface area (Å²) in [5.41, 5.74) is 1.53. The van der Waals surface area contributed by atoms with Crippen molar-refractivity contribution in [2.75, 3.05) is 11.1 Å². The topological polar surface area (TPSA) is 79.8 Å². The number of carbonyl (C=O) groups is 1. The Labute approximate surface area is 193 Å². The van der Waals surface area contributed by atoms with E-state index in [1.807, 2.05) is 0 Å². The van der Waals surface area contributed by atoms with Gasteiger partial charge in [0.05, 0.1) is 5.75 Å². The molecule has 152 valence electrons. The summed E-state index contributed by atoms with van der Waals surface area (Å²) in [4.78, 5) is 32.0. The highest BCUT2D eigenvalue weighted by Crippen LogP contribution is 2.25. The maximum Gasteiger partial charge on any atom is 0.271 e. The van der Waals surface area contributed by atoms with E-state index in [4.69, 9.17) is 35.4 Å². The largest absolute Gasteiger partial charge is 0.325 e. The van der Waals surface area contributed by atoms with Gasteiger partial charge in [-0.3, -0.25) is 14.2 Å². The van der Waals surface area contributed by atoms with E-state index < -0.39 is 0 Å². The number of aromatic amines is 1. The van der Waals surface area contributed by atoms with Crippen molar-refractivity contribution < 1.29 is 4.79 Å². The molecule has 0 spiro atoms. The smallest absolute Gasteiger partial charge is 0.271 e. The number of H-pyrrole nitrogens is 1. The monoisotopic (exact) mass is 494 g/mol. The second kappa shape index (κ2) is 8.91. The van der Waals surface area contributed by atoms with Crippen LogP contribution in [0, 0.1) is 3.95 Å². The number of benzene rings is 2. The lowest BCUT2D eigenvalue weighted by atomic mass is 10.3. The number of rotatable bonds is 5. The van der Waals surface area contributed by atoms with E-state index in [9.17, 15) is 9.59 Å². The Morgan fingerprint density at radius 3 is 2.43 bits per heavy atom. The summed E-state index contributed by atoms with van der Waals surface area (Å²) in [6.45, 7) is 0. The third-order valence-electron chi connectivity index (χ3n) is 3.97. The third-order valence-corrected chi connectivity index (χ3v) is 6.71. The van der Waals surface area contributed by atoms with E-state index in [2.05, 4.69) is 15.3 Å². The molecule has 2 aromatic heterocycles. The average Bonchev–Trinajstić information content (AvgIpc) is 3.05. The quantitative estimate of drug-likeness (QED) is 0.216. The van der Waals surface area contributed by atoms with E-state index in [0.717, 1.165) is 17.4 Å². The molecule has 1 amide bonds. The molecule has 4 rings (SSSR count). The minimum absolute atomic E-state index is 0.0723. The van der Waals surface area contributed by atoms with E-state index in [0.29, 0.717) is 35.2 Å². The van der Waals surface area contributed by atoms with Crippen molar-refractivity contribution in [2.45, 2.75) is 5.16 Å². The zero-order valence-electron chi connectivity index (χ0n) is 15.0. The molecule has 30 heavy (non-hydrogen) atoms. The number of amides is 1. The normalized spacial score (nSPS) is 11.0. The van der Waals surface area contributed by atoms with E-state index in [-0.39, 0.29) is 17.2 Å². The van der Waals surface area contributed by atoms with Crippen LogP contribution in [0.2, 0.25) is 10.0 Å². The lowest BCUT2D eigenvalue weighted by molar-refractivity contribution is -0.113. The van der Waals surface area contributed by atoms with Crippen LogP contribution in [0.25, 0.3) is 16.0 Å². The Morgan fingerprint density at radius 2 is 1.77 bits per heavy atom. The van der Waals surface area contributed by atoms with Crippen molar-refractivity contribution in [2.24, 2.45) is 0 Å². The van der Waals surface area contributed by atoms with Gasteiger partial charge in [-0.05, 0) is 60.7 Å². The first-order valence-corrected chi connectivity index (χ1v) is 11.5. The molecule has 0 atom stereocenters. The predicted octanol–water partition coefficient (Wildman–Crippen LogP) is 5.54. The van der Waals surface area contributed by atoms with Crippen LogP contribution in [0.4, 0.5) is 5.69 Å². The van der Waals surface area contributed by atoms with E-state index in [1.54, 1.807) is 53.1 Å². The molecule has 0 saturated heterocycles. The zero-order valence-corrected chi connectivity index (χ0v) is 19.0. The summed E-state index contributed by atoms with van der Waals surface area (Å²) < 4.78 is 2.64. The van der Waals surface area contributed by atoms with Gasteiger partial charge in [-0.2, -0.15) is 0 Å². The molecular weight excluding hydrogens is 483 g/mol. The third kappa shape index (κ3) is 4.60. The maximum atomic E-state index is 12.5. The molecule has 0 fully saturated rings. The first-order valence-electron chi connectivity index (χ1n) is 8.51. The summed E-state index contributed by atoms with van der Waals surface area (Å²) >= 11 is 19.6. The first kappa shape index (κ1) is 21.1. The highest BCUT2D eigenvalue weighted by atomic mass is 35.5. The summed E-state index contributed by atoms with van der Waals surface area (Å²) in [6.07, 6.45) is 0. The summed E-state index contributed by atoms with van der Waals surface area (Å²) in [5, 5.41) is 4.28. The highest BCUT2D eigenvalue weighted by Gasteiger charge is 2.15. The van der Waals surface area contributed by atoms with Crippen molar-refractivity contribution in [3.63, 3.8) is 0 Å². The van der Waals surface area contributed by atoms with Crippen LogP contribution >= 0.6 is 58.5 Å². The van der Waals surface area contributed by atoms with Crippen molar-refractivity contribution in [1.29, 1.82) is 0 Å². The average molecular weight is 495 g/mol. The van der Waals surface area contributed by atoms with Crippen LogP contribution in [-0.4, -0.2) is 26.2 Å². The summed E-state index contributed by atoms with van der Waals surface area (Å²) in [5.74, 6) is -0.159. The number of aromatic nitrogens is 3. The van der Waals surface area contributed by atoms with Crippen LogP contribution < -0.4 is 10.9 Å². The molecule has 0 bridgehead atoms. The minimum Gasteiger partial charge on any atom is -0.325 e. The van der Waals surface area contributed by atoms with Crippen LogP contribution in [-0.2, 0) is 4.79 Å². The Kier molecular flexibility index (Phi) is 6.26. The molecule has 0 unspecified atom stereocenters. The van der Waals surface area contributed by atoms with Crippen LogP contribution in [0.1, 0.15) is 0 Å². The number of hydrogen-bond donors (Lipinski definition) is 2. The van der Waals surface area contributed by atoms with Gasteiger partial charge in [-0.15, -0.1) is 0 Å². The Morgan fingerprint density at radius 1 is 1.13 bits per heavy atom. The summed E-state index contributed by atoms with van der Waals surface area (Å²) in [7, 11) is 0. The number of fused-ring (bicyclic) bond motifs is 1. The highest BCUT2D eigenvalue weighted by molar-refractivity contribution is 7.99. The second-order valence-corrected chi connectivity index (χ2v) is 9.53. The van der Waals surface area contributed by atoms with Crippen molar-refractivity contribution in [1.82, 2.24) is 14.5 Å². The molecule has 11 heteroatoms. The molecule has 0 saturated carbocycles. The zero-order chi connectivity index (χ0) is 21.3. The van der Waals surface area contributed by atoms with Gasteiger partial charge in [0, 0.05) is 21.4 Å². The number of thioether (sulfide) groups is 1. The molecule has 2 N–H and O–H groups in total. The second-order valence-electron chi connectivity index (χ2n) is 6.05. The summed E-state index contributed by atoms with van der Waals surface area (Å²) in [6, 6.07) is 13.9. The molecular formula is C19H12Cl2N4O2S3. The number of thiazole rings is 1. The van der Waals surface area contributed by atoms with Gasteiger partial charge < -0.3 is 10.3 Å². The van der Waals surface area contributed by atoms with Crippen molar-refractivity contribution in [3.8, 4) is 5.69 Å². The number of halogens is 2. The molecule has 2 aromatic carbocycles. The minimum atomic E-state index is -0.301. The molecule has 4 aromatic rings. The van der Waals surface area contributed by atoms with Crippen molar-refractivity contribution >= 4 is 80.5 Å². The standard InChI is InChI=1S/C19H12Cl2N4O2S3/c20-10-1-5-12(6-2-10)22-14(26)9-29-18-23-16-15(17(27)24-18)30-19(28)25(16)13-7-3-11(21)4-8-13/h1-8H,9H2,(H,22,26)(H,23,24,27). The number of carbonyl (C=O) groups excluding carboxylic acids is 1. The molecule has 0 aliphatic heterocycles. The Balaban J connectivity index is 1.59. The van der Waals surface area contributed by atoms with Gasteiger partial charge in [-0.25, -0.2) is 4.98 Å². The maximum absolute atomic E-state index is 12.5. The predicted molar refractivity (Wildman–Crippen MR) is 126 cm³/mol. The number of nitrogens with zero attached hydrogens (tertiary/aromatic N) is 2. The van der Waals surface area contributed by atoms with E-state index in [1.165, 1.54) is 11.3 Å². The molecule has 0 aliphatic carbocycles. The molecule has 0 radical (unpaired) electrons. The fourth-order valence-electron chi connectivity index (χ4n) is 2.64. The first-order chi connectivity index (χ1) is 14.4. The van der Waals surface area contributed by atoms with Crippen LogP contribution in [0.15, 0.2) is 58.5 Å². The fourth-order valence-corrected chi connectivity index (χ4v) is 4.82. The SMILES string of the molecule is O=C(CSc1nc2c(sc(=S)n2-c2ccc(Cl)cc2)c(=O)[nH]1)Nc1ccc(Cl)cc1. The van der Waals surface area contributed by atoms with E-state index >= 15 is 0 Å². The van der Waals surface area contributed by atoms with Crippen molar-refractivity contribution in [3.05, 3.63) is 72.9 Å². The number of anilines is 1. The van der Waals surface area contributed by atoms with Gasteiger partial charge in [0.2, 0.25) is 5.91 Å². The Bertz CT molecular complexity index is 1350. The van der Waals surface area contributed by atoms with Gasteiger partial charge in [-0.1, -0.05) is 46.3 Å². The van der Waals surface area contributed by atoms with Gasteiger partial charge in [0.1, 0.15) is 4.70 Å². The Hall–Kier alpha value is -2.17. The molecule has 2 heterocycles. The van der Waals surface area contributed by atoms with Gasteiger partial charge >= 0.3 is 0 Å². The van der Waals surface area contributed by atoms with Gasteiger partial charge in [0.25, 0.3) is 5.56 Å². The lowest BCUT2D eigenvalue weighted by Crippen LogP contribution is -2.15. The van der Waals surface area contributed by atoms with Crippen LogP contribution in [0.5, 0.6) is 0 Å². The number of nitrogens with one attached hydrogen (secondary N) is 2. The lowest BCUT2D eigenvalue weighted by Gasteiger charge is -2.06. The number of hydrogen-bond acceptors (Lipinski definition) is 6. The molecule has 0 aliphatic rings. The van der Waals surface area contributed by atoms with Crippen LogP contribution in [0.3, 0.4) is 0 Å². The fraction of sp³-hybridized carbons (Fsp3) is 0.0526.